The van der Waals surface area contributed by atoms with Crippen molar-refractivity contribution in [2.45, 2.75) is 6.54 Å². The molecule has 2 aromatic rings. The van der Waals surface area contributed by atoms with Crippen LogP contribution in [0.25, 0.3) is 0 Å². The fourth-order valence-corrected chi connectivity index (χ4v) is 2.58. The molecule has 24 heavy (non-hydrogen) atoms. The minimum Gasteiger partial charge on any atom is -0.496 e. The smallest absolute Gasteiger partial charge is 0.164 e. The zero-order chi connectivity index (χ0) is 16.9. The third-order valence-electron chi connectivity index (χ3n) is 3.81. The van der Waals surface area contributed by atoms with Gasteiger partial charge in [-0.3, -0.25) is 0 Å². The van der Waals surface area contributed by atoms with Crippen molar-refractivity contribution in [3.8, 4) is 28.7 Å². The van der Waals surface area contributed by atoms with Gasteiger partial charge in [-0.25, -0.2) is 0 Å². The van der Waals surface area contributed by atoms with E-state index in [1.807, 2.05) is 30.3 Å². The number of ether oxygens (including phenoxy) is 5. The molecule has 0 aromatic heterocycles. The molecule has 0 atom stereocenters. The van der Waals surface area contributed by atoms with Crippen molar-refractivity contribution in [1.29, 1.82) is 0 Å². The van der Waals surface area contributed by atoms with Gasteiger partial charge in [-0.05, 0) is 18.2 Å². The van der Waals surface area contributed by atoms with Gasteiger partial charge in [-0.1, -0.05) is 0 Å². The standard InChI is InChI=1S/C18H21NO5/c1-20-15-10-17(22-3)16(21-2)8-12(15)11-19-13-4-5-14-18(9-13)24-7-6-23-14/h4-5,8-10,19H,6-7,11H2,1-3H3. The summed E-state index contributed by atoms with van der Waals surface area (Å²) >= 11 is 0. The van der Waals surface area contributed by atoms with Crippen LogP contribution in [0.3, 0.4) is 0 Å². The van der Waals surface area contributed by atoms with Crippen LogP contribution < -0.4 is 29.0 Å². The Morgan fingerprint density at radius 1 is 0.833 bits per heavy atom. The van der Waals surface area contributed by atoms with Crippen molar-refractivity contribution < 1.29 is 23.7 Å². The van der Waals surface area contributed by atoms with E-state index >= 15 is 0 Å². The average Bonchev–Trinajstić information content (AvgIpc) is 2.65. The third-order valence-corrected chi connectivity index (χ3v) is 3.81. The second kappa shape index (κ2) is 7.21. The van der Waals surface area contributed by atoms with Crippen molar-refractivity contribution >= 4 is 5.69 Å². The minimum atomic E-state index is 0.569. The number of fused-ring (bicyclic) bond motifs is 1. The van der Waals surface area contributed by atoms with Gasteiger partial charge in [0.2, 0.25) is 0 Å². The lowest BCUT2D eigenvalue weighted by atomic mass is 10.1. The van der Waals surface area contributed by atoms with E-state index in [-0.39, 0.29) is 0 Å². The molecule has 0 aliphatic carbocycles. The first-order valence-corrected chi connectivity index (χ1v) is 7.67. The second-order valence-corrected chi connectivity index (χ2v) is 5.23. The predicted octanol–water partition coefficient (Wildman–Crippen LogP) is 3.10. The highest BCUT2D eigenvalue weighted by Crippen LogP contribution is 2.36. The molecule has 0 amide bonds. The SMILES string of the molecule is COc1cc(OC)c(OC)cc1CNc1ccc2c(c1)OCCO2. The molecule has 0 fully saturated rings. The summed E-state index contributed by atoms with van der Waals surface area (Å²) in [6.45, 7) is 1.73. The maximum Gasteiger partial charge on any atom is 0.164 e. The molecular formula is C18H21NO5. The van der Waals surface area contributed by atoms with Gasteiger partial charge in [0.15, 0.2) is 23.0 Å². The highest BCUT2D eigenvalue weighted by molar-refractivity contribution is 5.57. The lowest BCUT2D eigenvalue weighted by Crippen LogP contribution is -2.15. The summed E-state index contributed by atoms with van der Waals surface area (Å²) in [5.74, 6) is 3.56. The number of nitrogens with one attached hydrogen (secondary N) is 1. The molecule has 0 radical (unpaired) electrons. The molecule has 128 valence electrons. The molecular weight excluding hydrogens is 310 g/mol. The predicted molar refractivity (Wildman–Crippen MR) is 90.9 cm³/mol. The molecule has 6 heteroatoms. The van der Waals surface area contributed by atoms with Crippen molar-refractivity contribution in [1.82, 2.24) is 0 Å². The molecule has 2 aromatic carbocycles. The maximum absolute atomic E-state index is 5.60. The van der Waals surface area contributed by atoms with Crippen LogP contribution in [0.15, 0.2) is 30.3 Å². The summed E-state index contributed by atoms with van der Waals surface area (Å²) in [6.07, 6.45) is 0. The number of methoxy groups -OCH3 is 3. The first kappa shape index (κ1) is 16.1. The molecule has 1 heterocycles. The van der Waals surface area contributed by atoms with E-state index in [2.05, 4.69) is 5.32 Å². The van der Waals surface area contributed by atoms with Gasteiger partial charge in [0.05, 0.1) is 21.3 Å². The molecule has 0 saturated carbocycles. The Balaban J connectivity index is 1.78. The van der Waals surface area contributed by atoms with Gasteiger partial charge in [0.1, 0.15) is 19.0 Å². The van der Waals surface area contributed by atoms with E-state index in [1.54, 1.807) is 21.3 Å². The largest absolute Gasteiger partial charge is 0.496 e. The summed E-state index contributed by atoms with van der Waals surface area (Å²) in [7, 11) is 4.85. The van der Waals surface area contributed by atoms with E-state index in [0.29, 0.717) is 31.3 Å². The second-order valence-electron chi connectivity index (χ2n) is 5.23. The molecule has 0 spiro atoms. The van der Waals surface area contributed by atoms with E-state index in [4.69, 9.17) is 23.7 Å². The van der Waals surface area contributed by atoms with Crippen molar-refractivity contribution in [2.24, 2.45) is 0 Å². The summed E-state index contributed by atoms with van der Waals surface area (Å²) < 4.78 is 27.2. The van der Waals surface area contributed by atoms with Gasteiger partial charge in [-0.2, -0.15) is 0 Å². The molecule has 6 nitrogen and oxygen atoms in total. The Labute approximate surface area is 141 Å². The highest BCUT2D eigenvalue weighted by atomic mass is 16.6. The zero-order valence-corrected chi connectivity index (χ0v) is 14.0. The highest BCUT2D eigenvalue weighted by Gasteiger charge is 2.14. The Hall–Kier alpha value is -2.76. The third kappa shape index (κ3) is 3.27. The van der Waals surface area contributed by atoms with Crippen molar-refractivity contribution in [3.63, 3.8) is 0 Å². The quantitative estimate of drug-likeness (QED) is 0.878. The van der Waals surface area contributed by atoms with Gasteiger partial charge < -0.3 is 29.0 Å². The lowest BCUT2D eigenvalue weighted by molar-refractivity contribution is 0.171. The number of anilines is 1. The van der Waals surface area contributed by atoms with Gasteiger partial charge in [0.25, 0.3) is 0 Å². The van der Waals surface area contributed by atoms with Gasteiger partial charge in [0, 0.05) is 29.9 Å². The van der Waals surface area contributed by atoms with Crippen molar-refractivity contribution in [3.05, 3.63) is 35.9 Å². The topological polar surface area (TPSA) is 58.2 Å². The number of hydrogen-bond donors (Lipinski definition) is 1. The summed E-state index contributed by atoms with van der Waals surface area (Å²) in [5, 5.41) is 3.36. The van der Waals surface area contributed by atoms with Crippen LogP contribution in [-0.4, -0.2) is 34.5 Å². The van der Waals surface area contributed by atoms with Crippen molar-refractivity contribution in [2.75, 3.05) is 39.9 Å². The van der Waals surface area contributed by atoms with E-state index < -0.39 is 0 Å². The molecule has 3 rings (SSSR count). The Kier molecular flexibility index (Phi) is 4.84. The summed E-state index contributed by atoms with van der Waals surface area (Å²) in [5.41, 5.74) is 1.90. The molecule has 0 bridgehead atoms. The minimum absolute atomic E-state index is 0.569. The monoisotopic (exact) mass is 331 g/mol. The Morgan fingerprint density at radius 3 is 2.21 bits per heavy atom. The summed E-state index contributed by atoms with van der Waals surface area (Å²) in [6, 6.07) is 9.52. The molecule has 1 aliphatic rings. The van der Waals surface area contributed by atoms with Crippen LogP contribution in [0, 0.1) is 0 Å². The van der Waals surface area contributed by atoms with Gasteiger partial charge in [-0.15, -0.1) is 0 Å². The fourth-order valence-electron chi connectivity index (χ4n) is 2.58. The van der Waals surface area contributed by atoms with E-state index in [1.165, 1.54) is 0 Å². The van der Waals surface area contributed by atoms with E-state index in [9.17, 15) is 0 Å². The molecule has 1 aliphatic heterocycles. The van der Waals surface area contributed by atoms with Crippen LogP contribution in [0.4, 0.5) is 5.69 Å². The summed E-state index contributed by atoms with van der Waals surface area (Å²) in [4.78, 5) is 0. The molecule has 0 unspecified atom stereocenters. The number of rotatable bonds is 6. The van der Waals surface area contributed by atoms with Crippen LogP contribution >= 0.6 is 0 Å². The maximum atomic E-state index is 5.60. The lowest BCUT2D eigenvalue weighted by Gasteiger charge is -2.19. The Morgan fingerprint density at radius 2 is 1.50 bits per heavy atom. The molecule has 1 N–H and O–H groups in total. The van der Waals surface area contributed by atoms with Crippen LogP contribution in [0.1, 0.15) is 5.56 Å². The zero-order valence-electron chi connectivity index (χ0n) is 14.0. The van der Waals surface area contributed by atoms with Crippen LogP contribution in [-0.2, 0) is 6.54 Å². The average molecular weight is 331 g/mol. The first-order chi connectivity index (χ1) is 11.7. The first-order valence-electron chi connectivity index (χ1n) is 7.67. The van der Waals surface area contributed by atoms with Crippen LogP contribution in [0.5, 0.6) is 28.7 Å². The number of benzene rings is 2. The normalized spacial score (nSPS) is 12.5. The van der Waals surface area contributed by atoms with Crippen LogP contribution in [0.2, 0.25) is 0 Å². The Bertz CT molecular complexity index is 717. The van der Waals surface area contributed by atoms with Gasteiger partial charge >= 0.3 is 0 Å². The number of hydrogen-bond acceptors (Lipinski definition) is 6. The fraction of sp³-hybridized carbons (Fsp3) is 0.333. The van der Waals surface area contributed by atoms with E-state index in [0.717, 1.165) is 28.5 Å². The molecule has 0 saturated heterocycles.